The molecular formula is C47H29N7. The molecule has 0 radical (unpaired) electrons. The van der Waals surface area contributed by atoms with Crippen LogP contribution in [0.15, 0.2) is 176 Å². The normalized spacial score (nSPS) is 11.7. The first-order valence-electron chi connectivity index (χ1n) is 17.9. The molecule has 252 valence electrons. The van der Waals surface area contributed by atoms with Crippen LogP contribution in [0.3, 0.4) is 0 Å². The second-order valence-electron chi connectivity index (χ2n) is 13.4. The van der Waals surface area contributed by atoms with Crippen LogP contribution < -0.4 is 0 Å². The van der Waals surface area contributed by atoms with E-state index in [1.807, 2.05) is 42.6 Å². The summed E-state index contributed by atoms with van der Waals surface area (Å²) in [6.45, 7) is 0. The van der Waals surface area contributed by atoms with E-state index in [9.17, 15) is 0 Å². The molecule has 11 rings (SSSR count). The van der Waals surface area contributed by atoms with Gasteiger partial charge in [0, 0.05) is 49.9 Å². The molecule has 4 aromatic heterocycles. The van der Waals surface area contributed by atoms with Crippen LogP contribution in [0, 0.1) is 0 Å². The smallest absolute Gasteiger partial charge is 0.238 e. The Morgan fingerprint density at radius 1 is 0.389 bits per heavy atom. The van der Waals surface area contributed by atoms with Gasteiger partial charge in [-0.2, -0.15) is 9.97 Å². The first-order valence-corrected chi connectivity index (χ1v) is 17.9. The first-order chi connectivity index (χ1) is 26.8. The Hall–Kier alpha value is -7.51. The van der Waals surface area contributed by atoms with Crippen molar-refractivity contribution < 1.29 is 0 Å². The van der Waals surface area contributed by atoms with E-state index in [4.69, 9.17) is 19.9 Å². The third kappa shape index (κ3) is 4.58. The Morgan fingerprint density at radius 3 is 1.57 bits per heavy atom. The molecule has 0 atom stereocenters. The van der Waals surface area contributed by atoms with Crippen molar-refractivity contribution in [3.63, 3.8) is 0 Å². The standard InChI is InChI=1S/C47H29N7/c1-4-14-30(15-5-1)31-24-26-33(27-25-31)46-50-45(32-16-6-2-7-17-32)51-47(52-46)54-39-23-13-11-21-36(39)41-42-37(28-48-29-49-42)40-35-20-10-12-22-38(35)53(43(40)44(41)54)34-18-8-3-9-19-34/h1-29H. The average Bonchev–Trinajstić information content (AvgIpc) is 3.79. The van der Waals surface area contributed by atoms with E-state index in [2.05, 4.69) is 142 Å². The predicted octanol–water partition coefficient (Wildman–Crippen LogP) is 11.0. The Morgan fingerprint density at radius 2 is 0.889 bits per heavy atom. The lowest BCUT2D eigenvalue weighted by Crippen LogP contribution is -2.07. The molecule has 54 heavy (non-hydrogen) atoms. The van der Waals surface area contributed by atoms with E-state index < -0.39 is 0 Å². The van der Waals surface area contributed by atoms with Crippen molar-refractivity contribution in [2.45, 2.75) is 0 Å². The zero-order valence-corrected chi connectivity index (χ0v) is 28.9. The van der Waals surface area contributed by atoms with Crippen LogP contribution in [-0.4, -0.2) is 34.1 Å². The van der Waals surface area contributed by atoms with Crippen molar-refractivity contribution in [1.29, 1.82) is 0 Å². The van der Waals surface area contributed by atoms with Gasteiger partial charge in [-0.15, -0.1) is 0 Å². The molecule has 0 aliphatic rings. The van der Waals surface area contributed by atoms with Gasteiger partial charge >= 0.3 is 0 Å². The minimum atomic E-state index is 0.525. The molecule has 4 heterocycles. The molecule has 0 bridgehead atoms. The summed E-state index contributed by atoms with van der Waals surface area (Å²) in [5.74, 6) is 1.71. The van der Waals surface area contributed by atoms with Gasteiger partial charge < -0.3 is 4.57 Å². The lowest BCUT2D eigenvalue weighted by atomic mass is 10.0. The van der Waals surface area contributed by atoms with Crippen molar-refractivity contribution in [3.8, 4) is 45.5 Å². The van der Waals surface area contributed by atoms with Crippen LogP contribution in [-0.2, 0) is 0 Å². The van der Waals surface area contributed by atoms with Crippen molar-refractivity contribution in [2.24, 2.45) is 0 Å². The number of rotatable bonds is 5. The average molecular weight is 692 g/mol. The Balaban J connectivity index is 1.30. The molecule has 0 aliphatic carbocycles. The third-order valence-corrected chi connectivity index (χ3v) is 10.3. The van der Waals surface area contributed by atoms with E-state index in [0.29, 0.717) is 17.6 Å². The number of nitrogens with zero attached hydrogens (tertiary/aromatic N) is 7. The molecule has 0 saturated heterocycles. The van der Waals surface area contributed by atoms with Crippen LogP contribution in [0.4, 0.5) is 0 Å². The van der Waals surface area contributed by atoms with Crippen molar-refractivity contribution in [2.75, 3.05) is 0 Å². The lowest BCUT2D eigenvalue weighted by Gasteiger charge is -2.14. The minimum absolute atomic E-state index is 0.525. The Bertz CT molecular complexity index is 3190. The van der Waals surface area contributed by atoms with Crippen molar-refractivity contribution in [1.82, 2.24) is 34.1 Å². The first kappa shape index (κ1) is 30.1. The molecule has 7 aromatic carbocycles. The van der Waals surface area contributed by atoms with E-state index in [-0.39, 0.29) is 0 Å². The second-order valence-corrected chi connectivity index (χ2v) is 13.4. The van der Waals surface area contributed by atoms with Gasteiger partial charge in [0.05, 0.1) is 27.6 Å². The van der Waals surface area contributed by atoms with Gasteiger partial charge in [0.2, 0.25) is 5.95 Å². The fourth-order valence-corrected chi connectivity index (χ4v) is 7.96. The summed E-state index contributed by atoms with van der Waals surface area (Å²) in [6.07, 6.45) is 3.59. The minimum Gasteiger partial charge on any atom is -0.307 e. The van der Waals surface area contributed by atoms with E-state index in [1.165, 1.54) is 0 Å². The van der Waals surface area contributed by atoms with Gasteiger partial charge in [-0.25, -0.2) is 15.0 Å². The third-order valence-electron chi connectivity index (χ3n) is 10.3. The highest BCUT2D eigenvalue weighted by Crippen LogP contribution is 2.45. The Kier molecular flexibility index (Phi) is 6.72. The SMILES string of the molecule is c1ccc(-c2ccc(-c3nc(-c4ccccc4)nc(-n4c5ccccc5c5c6ncncc6c6c7ccccc7n(-c7ccccc7)c6c54)n3)cc2)cc1. The number of fused-ring (bicyclic) bond motifs is 10. The zero-order valence-electron chi connectivity index (χ0n) is 28.9. The monoisotopic (exact) mass is 691 g/mol. The molecule has 0 N–H and O–H groups in total. The maximum atomic E-state index is 5.32. The quantitative estimate of drug-likeness (QED) is 0.180. The van der Waals surface area contributed by atoms with Crippen molar-refractivity contribution >= 4 is 54.5 Å². The summed E-state index contributed by atoms with van der Waals surface area (Å²) in [4.78, 5) is 25.2. The van der Waals surface area contributed by atoms with Crippen molar-refractivity contribution in [3.05, 3.63) is 176 Å². The highest BCUT2D eigenvalue weighted by molar-refractivity contribution is 6.35. The fraction of sp³-hybridized carbons (Fsp3) is 0. The zero-order chi connectivity index (χ0) is 35.6. The number of benzene rings is 7. The molecule has 0 amide bonds. The molecule has 0 spiro atoms. The molecule has 0 fully saturated rings. The number of hydrogen-bond acceptors (Lipinski definition) is 5. The highest BCUT2D eigenvalue weighted by Gasteiger charge is 2.26. The molecule has 0 unspecified atom stereocenters. The van der Waals surface area contributed by atoms with Crippen LogP contribution >= 0.6 is 0 Å². The Labute approximate surface area is 309 Å². The van der Waals surface area contributed by atoms with Crippen LogP contribution in [0.2, 0.25) is 0 Å². The number of aromatic nitrogens is 7. The topological polar surface area (TPSA) is 74.3 Å². The molecular weight excluding hydrogens is 663 g/mol. The van der Waals surface area contributed by atoms with E-state index >= 15 is 0 Å². The van der Waals surface area contributed by atoms with Gasteiger partial charge in [0.25, 0.3) is 0 Å². The molecule has 11 aromatic rings. The predicted molar refractivity (Wildman–Crippen MR) is 218 cm³/mol. The number of hydrogen-bond donors (Lipinski definition) is 0. The summed E-state index contributed by atoms with van der Waals surface area (Å²) in [7, 11) is 0. The molecule has 0 aliphatic heterocycles. The molecule has 7 heteroatoms. The molecule has 0 saturated carbocycles. The highest BCUT2D eigenvalue weighted by atomic mass is 15.2. The summed E-state index contributed by atoms with van der Waals surface area (Å²) in [5.41, 5.74) is 10.1. The summed E-state index contributed by atoms with van der Waals surface area (Å²) >= 11 is 0. The summed E-state index contributed by atoms with van der Waals surface area (Å²) in [6, 6.07) is 56.5. The maximum Gasteiger partial charge on any atom is 0.238 e. The largest absolute Gasteiger partial charge is 0.307 e. The maximum absolute atomic E-state index is 5.32. The van der Waals surface area contributed by atoms with Gasteiger partial charge in [-0.3, -0.25) is 4.57 Å². The second kappa shape index (κ2) is 12.0. The van der Waals surface area contributed by atoms with Gasteiger partial charge in [0.1, 0.15) is 6.33 Å². The van der Waals surface area contributed by atoms with E-state index in [1.54, 1.807) is 6.33 Å². The van der Waals surface area contributed by atoms with Gasteiger partial charge in [0.15, 0.2) is 11.6 Å². The van der Waals surface area contributed by atoms with Crippen LogP contribution in [0.25, 0.3) is 100 Å². The van der Waals surface area contributed by atoms with Gasteiger partial charge in [-0.05, 0) is 35.4 Å². The van der Waals surface area contributed by atoms with E-state index in [0.717, 1.165) is 82.5 Å². The summed E-state index contributed by atoms with van der Waals surface area (Å²) in [5, 5.41) is 5.27. The van der Waals surface area contributed by atoms with Crippen LogP contribution in [0.5, 0.6) is 0 Å². The molecule has 7 nitrogen and oxygen atoms in total. The fourth-order valence-electron chi connectivity index (χ4n) is 7.96. The number of para-hydroxylation sites is 3. The summed E-state index contributed by atoms with van der Waals surface area (Å²) < 4.78 is 4.57. The van der Waals surface area contributed by atoms with Crippen LogP contribution in [0.1, 0.15) is 0 Å². The van der Waals surface area contributed by atoms with Gasteiger partial charge in [-0.1, -0.05) is 140 Å². The lowest BCUT2D eigenvalue weighted by molar-refractivity contribution is 0.953.